The summed E-state index contributed by atoms with van der Waals surface area (Å²) >= 11 is 0. The molecular formula is C16H20N2. The zero-order valence-electron chi connectivity index (χ0n) is 11.3. The molecule has 2 nitrogen and oxygen atoms in total. The first kappa shape index (κ1) is 12.6. The van der Waals surface area contributed by atoms with Gasteiger partial charge in [-0.1, -0.05) is 38.1 Å². The summed E-state index contributed by atoms with van der Waals surface area (Å²) in [6, 6.07) is 10.7. The van der Waals surface area contributed by atoms with E-state index in [9.17, 15) is 0 Å². The molecule has 18 heavy (non-hydrogen) atoms. The Morgan fingerprint density at radius 3 is 2.44 bits per heavy atom. The number of nitrogens with two attached hydrogens (primary N) is 1. The number of anilines is 1. The first-order valence-corrected chi connectivity index (χ1v) is 6.44. The van der Waals surface area contributed by atoms with Crippen LogP contribution in [-0.4, -0.2) is 4.98 Å². The lowest BCUT2D eigenvalue weighted by molar-refractivity contribution is 0.734. The van der Waals surface area contributed by atoms with E-state index in [0.717, 1.165) is 5.56 Å². The van der Waals surface area contributed by atoms with Crippen LogP contribution < -0.4 is 5.73 Å². The zero-order valence-corrected chi connectivity index (χ0v) is 11.3. The second-order valence-corrected chi connectivity index (χ2v) is 4.86. The van der Waals surface area contributed by atoms with Crippen LogP contribution in [0.15, 0.2) is 36.5 Å². The molecule has 1 heterocycles. The number of nitrogen functional groups attached to an aromatic ring is 1. The number of benzene rings is 1. The Balaban J connectivity index is 2.34. The van der Waals surface area contributed by atoms with Gasteiger partial charge in [0.1, 0.15) is 5.82 Å². The van der Waals surface area contributed by atoms with Crippen LogP contribution in [0.2, 0.25) is 0 Å². The van der Waals surface area contributed by atoms with Crippen molar-refractivity contribution in [2.24, 2.45) is 0 Å². The van der Waals surface area contributed by atoms with Crippen LogP contribution in [0.25, 0.3) is 11.1 Å². The molecule has 0 saturated heterocycles. The summed E-state index contributed by atoms with van der Waals surface area (Å²) in [7, 11) is 0. The van der Waals surface area contributed by atoms with Crippen LogP contribution in [0, 0.1) is 6.92 Å². The molecule has 2 heteroatoms. The van der Waals surface area contributed by atoms with E-state index >= 15 is 0 Å². The summed E-state index contributed by atoms with van der Waals surface area (Å²) in [6.07, 6.45) is 3.02. The highest BCUT2D eigenvalue weighted by Gasteiger charge is 2.05. The monoisotopic (exact) mass is 240 g/mol. The van der Waals surface area contributed by atoms with Crippen molar-refractivity contribution in [2.45, 2.75) is 33.1 Å². The predicted octanol–water partition coefficient (Wildman–Crippen LogP) is 4.15. The van der Waals surface area contributed by atoms with Gasteiger partial charge < -0.3 is 5.73 Å². The van der Waals surface area contributed by atoms with Crippen LogP contribution in [0.5, 0.6) is 0 Å². The van der Waals surface area contributed by atoms with E-state index < -0.39 is 0 Å². The summed E-state index contributed by atoms with van der Waals surface area (Å²) in [4.78, 5) is 4.17. The molecule has 1 aromatic heterocycles. The number of aryl methyl sites for hydroxylation is 1. The fourth-order valence-electron chi connectivity index (χ4n) is 2.11. The lowest BCUT2D eigenvalue weighted by Gasteiger charge is -2.11. The molecule has 0 saturated carbocycles. The highest BCUT2D eigenvalue weighted by molar-refractivity contribution is 5.67. The lowest BCUT2D eigenvalue weighted by atomic mass is 9.95. The van der Waals surface area contributed by atoms with Crippen molar-refractivity contribution < 1.29 is 0 Å². The Labute approximate surface area is 109 Å². The van der Waals surface area contributed by atoms with Crippen LogP contribution in [0.3, 0.4) is 0 Å². The maximum absolute atomic E-state index is 5.68. The Morgan fingerprint density at radius 2 is 1.89 bits per heavy atom. The first-order chi connectivity index (χ1) is 8.61. The molecule has 0 aliphatic carbocycles. The van der Waals surface area contributed by atoms with Gasteiger partial charge in [0.05, 0.1) is 0 Å². The van der Waals surface area contributed by atoms with Gasteiger partial charge in [-0.25, -0.2) is 4.98 Å². The average Bonchev–Trinajstić information content (AvgIpc) is 2.38. The second-order valence-electron chi connectivity index (χ2n) is 4.86. The minimum absolute atomic E-state index is 0.576. The zero-order chi connectivity index (χ0) is 13.1. The van der Waals surface area contributed by atoms with Gasteiger partial charge in [-0.15, -0.1) is 0 Å². The van der Waals surface area contributed by atoms with E-state index in [-0.39, 0.29) is 0 Å². The molecule has 0 amide bonds. The standard InChI is InChI=1S/C16H20N2/c1-4-11(2)13-5-7-14(8-6-13)15-10-18-16(17)9-12(15)3/h5-11H,4H2,1-3H3,(H2,17,18). The number of hydrogen-bond acceptors (Lipinski definition) is 2. The van der Waals surface area contributed by atoms with Gasteiger partial charge in [0.25, 0.3) is 0 Å². The number of pyridine rings is 1. The highest BCUT2D eigenvalue weighted by Crippen LogP contribution is 2.26. The molecular weight excluding hydrogens is 220 g/mol. The number of hydrogen-bond donors (Lipinski definition) is 1. The van der Waals surface area contributed by atoms with Crippen molar-refractivity contribution in [3.05, 3.63) is 47.7 Å². The molecule has 1 unspecified atom stereocenters. The van der Waals surface area contributed by atoms with Crippen molar-refractivity contribution in [3.8, 4) is 11.1 Å². The van der Waals surface area contributed by atoms with E-state index in [4.69, 9.17) is 5.73 Å². The van der Waals surface area contributed by atoms with Crippen molar-refractivity contribution in [1.29, 1.82) is 0 Å². The first-order valence-electron chi connectivity index (χ1n) is 6.44. The Hall–Kier alpha value is -1.83. The van der Waals surface area contributed by atoms with E-state index in [1.165, 1.54) is 23.1 Å². The molecule has 1 atom stereocenters. The number of nitrogens with zero attached hydrogens (tertiary/aromatic N) is 1. The van der Waals surface area contributed by atoms with Gasteiger partial charge in [-0.2, -0.15) is 0 Å². The lowest BCUT2D eigenvalue weighted by Crippen LogP contribution is -1.94. The third-order valence-electron chi connectivity index (χ3n) is 3.54. The van der Waals surface area contributed by atoms with Crippen molar-refractivity contribution in [1.82, 2.24) is 4.98 Å². The van der Waals surface area contributed by atoms with Gasteiger partial charge in [0.15, 0.2) is 0 Å². The van der Waals surface area contributed by atoms with Crippen LogP contribution in [0.1, 0.15) is 37.3 Å². The average molecular weight is 240 g/mol. The van der Waals surface area contributed by atoms with E-state index in [0.29, 0.717) is 11.7 Å². The van der Waals surface area contributed by atoms with E-state index in [1.54, 1.807) is 0 Å². The summed E-state index contributed by atoms with van der Waals surface area (Å²) in [6.45, 7) is 6.54. The maximum Gasteiger partial charge on any atom is 0.123 e. The van der Waals surface area contributed by atoms with Crippen LogP contribution >= 0.6 is 0 Å². The highest BCUT2D eigenvalue weighted by atomic mass is 14.8. The smallest absolute Gasteiger partial charge is 0.123 e. The summed E-state index contributed by atoms with van der Waals surface area (Å²) < 4.78 is 0. The minimum atomic E-state index is 0.576. The molecule has 94 valence electrons. The molecule has 0 bridgehead atoms. The summed E-state index contributed by atoms with van der Waals surface area (Å²) in [5.41, 5.74) is 10.6. The van der Waals surface area contributed by atoms with Crippen molar-refractivity contribution in [3.63, 3.8) is 0 Å². The Morgan fingerprint density at radius 1 is 1.22 bits per heavy atom. The van der Waals surface area contributed by atoms with E-state index in [2.05, 4.69) is 50.0 Å². The minimum Gasteiger partial charge on any atom is -0.384 e. The third kappa shape index (κ3) is 2.53. The van der Waals surface area contributed by atoms with Crippen LogP contribution in [0.4, 0.5) is 5.82 Å². The molecule has 1 aromatic carbocycles. The van der Waals surface area contributed by atoms with Crippen molar-refractivity contribution in [2.75, 3.05) is 5.73 Å². The van der Waals surface area contributed by atoms with Gasteiger partial charge >= 0.3 is 0 Å². The molecule has 0 aliphatic rings. The Bertz CT molecular complexity index is 529. The predicted molar refractivity (Wildman–Crippen MR) is 77.5 cm³/mol. The van der Waals surface area contributed by atoms with Gasteiger partial charge in [-0.3, -0.25) is 0 Å². The Kier molecular flexibility index (Phi) is 3.66. The molecule has 0 spiro atoms. The largest absolute Gasteiger partial charge is 0.384 e. The molecule has 2 aromatic rings. The fourth-order valence-corrected chi connectivity index (χ4v) is 2.11. The topological polar surface area (TPSA) is 38.9 Å². The van der Waals surface area contributed by atoms with Crippen molar-refractivity contribution >= 4 is 5.82 Å². The van der Waals surface area contributed by atoms with Gasteiger partial charge in [-0.05, 0) is 42.0 Å². The molecule has 0 radical (unpaired) electrons. The molecule has 2 rings (SSSR count). The molecule has 0 aliphatic heterocycles. The van der Waals surface area contributed by atoms with Gasteiger partial charge in [0.2, 0.25) is 0 Å². The van der Waals surface area contributed by atoms with Crippen LogP contribution in [-0.2, 0) is 0 Å². The normalized spacial score (nSPS) is 12.4. The third-order valence-corrected chi connectivity index (χ3v) is 3.54. The second kappa shape index (κ2) is 5.21. The maximum atomic E-state index is 5.68. The fraction of sp³-hybridized carbons (Fsp3) is 0.312. The number of aromatic nitrogens is 1. The van der Waals surface area contributed by atoms with Gasteiger partial charge in [0, 0.05) is 11.8 Å². The number of rotatable bonds is 3. The summed E-state index contributed by atoms with van der Waals surface area (Å²) in [5, 5.41) is 0. The summed E-state index contributed by atoms with van der Waals surface area (Å²) in [5.74, 6) is 1.19. The van der Waals surface area contributed by atoms with E-state index in [1.807, 2.05) is 12.3 Å². The molecule has 0 fully saturated rings. The SMILES string of the molecule is CCC(C)c1ccc(-c2cnc(N)cc2C)cc1. The molecule has 2 N–H and O–H groups in total. The quantitative estimate of drug-likeness (QED) is 0.875.